The molecule has 26 heavy (non-hydrogen) atoms. The highest BCUT2D eigenvalue weighted by Gasteiger charge is 2.25. The molecular formula is C17H18FN7O. The molecule has 1 aliphatic heterocycles. The van der Waals surface area contributed by atoms with Crippen molar-refractivity contribution in [1.82, 2.24) is 25.1 Å². The molecule has 2 N–H and O–H groups in total. The van der Waals surface area contributed by atoms with E-state index in [0.29, 0.717) is 17.9 Å². The van der Waals surface area contributed by atoms with Gasteiger partial charge in [-0.15, -0.1) is 15.3 Å². The molecule has 1 saturated heterocycles. The van der Waals surface area contributed by atoms with Crippen LogP contribution in [0.5, 0.6) is 0 Å². The van der Waals surface area contributed by atoms with E-state index in [1.54, 1.807) is 4.52 Å². The molecule has 2 aromatic heterocycles. The number of nitrogens with one attached hydrogen (secondary N) is 2. The predicted molar refractivity (Wildman–Crippen MR) is 94.7 cm³/mol. The Morgan fingerprint density at radius 3 is 2.81 bits per heavy atom. The number of carbonyl (C=O) groups is 1. The van der Waals surface area contributed by atoms with Crippen LogP contribution in [0.25, 0.3) is 5.65 Å². The Balaban J connectivity index is 1.37. The number of amides is 2. The van der Waals surface area contributed by atoms with E-state index in [-0.39, 0.29) is 17.9 Å². The molecule has 3 aromatic rings. The number of rotatable bonds is 3. The Hall–Kier alpha value is -3.23. The molecule has 0 radical (unpaired) electrons. The first-order chi connectivity index (χ1) is 12.6. The molecule has 0 spiro atoms. The number of carbonyl (C=O) groups excluding carboxylic acids is 1. The number of aromatic nitrogens is 4. The summed E-state index contributed by atoms with van der Waals surface area (Å²) in [5.41, 5.74) is 1.26. The van der Waals surface area contributed by atoms with Crippen LogP contribution in [0.4, 0.5) is 20.7 Å². The number of aryl methyl sites for hydroxylation is 1. The van der Waals surface area contributed by atoms with E-state index in [0.717, 1.165) is 24.6 Å². The Morgan fingerprint density at radius 2 is 2.00 bits per heavy atom. The zero-order valence-corrected chi connectivity index (χ0v) is 14.2. The third-order valence-electron chi connectivity index (χ3n) is 4.35. The molecule has 2 amide bonds. The van der Waals surface area contributed by atoms with Gasteiger partial charge < -0.3 is 15.5 Å². The maximum Gasteiger partial charge on any atom is 0.319 e. The standard InChI is InChI=1S/C17H18FN7O/c1-11-21-22-15-6-7-16(23-25(11)15)24-9-8-14(10-24)20-17(26)19-13-4-2-12(18)3-5-13/h2-7,14H,8-10H2,1H3,(H2,19,20,26). The van der Waals surface area contributed by atoms with Crippen LogP contribution in [-0.4, -0.2) is 45.0 Å². The average molecular weight is 355 g/mol. The van der Waals surface area contributed by atoms with E-state index in [1.165, 1.54) is 24.3 Å². The van der Waals surface area contributed by atoms with Crippen molar-refractivity contribution in [2.75, 3.05) is 23.3 Å². The van der Waals surface area contributed by atoms with Crippen molar-refractivity contribution in [3.63, 3.8) is 0 Å². The summed E-state index contributed by atoms with van der Waals surface area (Å²) in [6.45, 7) is 3.31. The SMILES string of the molecule is Cc1nnc2ccc(N3CCC(NC(=O)Nc4ccc(F)cc4)C3)nn12. The number of hydrogen-bond acceptors (Lipinski definition) is 5. The van der Waals surface area contributed by atoms with Crippen LogP contribution in [0.2, 0.25) is 0 Å². The van der Waals surface area contributed by atoms with E-state index in [1.807, 2.05) is 19.1 Å². The largest absolute Gasteiger partial charge is 0.353 e. The Morgan fingerprint density at radius 1 is 1.19 bits per heavy atom. The summed E-state index contributed by atoms with van der Waals surface area (Å²) in [6.07, 6.45) is 0.817. The lowest BCUT2D eigenvalue weighted by Crippen LogP contribution is -2.39. The van der Waals surface area contributed by atoms with Crippen LogP contribution in [0.15, 0.2) is 36.4 Å². The lowest BCUT2D eigenvalue weighted by molar-refractivity contribution is 0.249. The van der Waals surface area contributed by atoms with Gasteiger partial charge in [0, 0.05) is 24.8 Å². The fraction of sp³-hybridized carbons (Fsp3) is 0.294. The monoisotopic (exact) mass is 355 g/mol. The van der Waals surface area contributed by atoms with Gasteiger partial charge in [0.1, 0.15) is 11.6 Å². The normalized spacial score (nSPS) is 16.8. The maximum absolute atomic E-state index is 12.9. The third kappa shape index (κ3) is 3.28. The fourth-order valence-corrected chi connectivity index (χ4v) is 3.03. The Kier molecular flexibility index (Phi) is 4.11. The molecule has 1 aliphatic rings. The van der Waals surface area contributed by atoms with Gasteiger partial charge in [-0.3, -0.25) is 0 Å². The van der Waals surface area contributed by atoms with E-state index in [9.17, 15) is 9.18 Å². The van der Waals surface area contributed by atoms with Gasteiger partial charge in [0.15, 0.2) is 11.5 Å². The minimum absolute atomic E-state index is 0.00922. The molecule has 1 fully saturated rings. The highest BCUT2D eigenvalue weighted by atomic mass is 19.1. The lowest BCUT2D eigenvalue weighted by atomic mass is 10.3. The van der Waals surface area contributed by atoms with Gasteiger partial charge in [-0.2, -0.15) is 4.52 Å². The Bertz CT molecular complexity index is 940. The van der Waals surface area contributed by atoms with Gasteiger partial charge in [0.05, 0.1) is 0 Å². The predicted octanol–water partition coefficient (Wildman–Crippen LogP) is 1.97. The summed E-state index contributed by atoms with van der Waals surface area (Å²) in [7, 11) is 0. The minimum atomic E-state index is -0.338. The van der Waals surface area contributed by atoms with Gasteiger partial charge in [0.2, 0.25) is 0 Å². The fourth-order valence-electron chi connectivity index (χ4n) is 3.03. The van der Waals surface area contributed by atoms with Crippen molar-refractivity contribution < 1.29 is 9.18 Å². The topological polar surface area (TPSA) is 87.5 Å². The van der Waals surface area contributed by atoms with Gasteiger partial charge in [-0.05, 0) is 49.7 Å². The molecule has 1 unspecified atom stereocenters. The molecule has 0 aliphatic carbocycles. The second kappa shape index (κ2) is 6.58. The van der Waals surface area contributed by atoms with Crippen molar-refractivity contribution in [2.45, 2.75) is 19.4 Å². The average Bonchev–Trinajstić information content (AvgIpc) is 3.24. The van der Waals surface area contributed by atoms with Crippen LogP contribution >= 0.6 is 0 Å². The number of hydrogen-bond donors (Lipinski definition) is 2. The highest BCUT2D eigenvalue weighted by Crippen LogP contribution is 2.19. The van der Waals surface area contributed by atoms with Gasteiger partial charge in [-0.1, -0.05) is 0 Å². The zero-order valence-electron chi connectivity index (χ0n) is 14.2. The molecule has 3 heterocycles. The highest BCUT2D eigenvalue weighted by molar-refractivity contribution is 5.89. The van der Waals surface area contributed by atoms with Crippen LogP contribution < -0.4 is 15.5 Å². The molecular weight excluding hydrogens is 337 g/mol. The number of urea groups is 1. The van der Waals surface area contributed by atoms with Gasteiger partial charge >= 0.3 is 6.03 Å². The van der Waals surface area contributed by atoms with Crippen molar-refractivity contribution in [1.29, 1.82) is 0 Å². The van der Waals surface area contributed by atoms with Gasteiger partial charge in [0.25, 0.3) is 0 Å². The maximum atomic E-state index is 12.9. The molecule has 1 atom stereocenters. The molecule has 0 bridgehead atoms. The van der Waals surface area contributed by atoms with Gasteiger partial charge in [-0.25, -0.2) is 9.18 Å². The Labute approximate surface area is 149 Å². The first-order valence-corrected chi connectivity index (χ1v) is 8.35. The molecule has 134 valence electrons. The van der Waals surface area contributed by atoms with Crippen LogP contribution in [-0.2, 0) is 0 Å². The number of anilines is 2. The number of benzene rings is 1. The molecule has 4 rings (SSSR count). The van der Waals surface area contributed by atoms with Crippen molar-refractivity contribution >= 4 is 23.2 Å². The second-order valence-electron chi connectivity index (χ2n) is 6.25. The molecule has 0 saturated carbocycles. The summed E-state index contributed by atoms with van der Waals surface area (Å²) in [5, 5.41) is 18.2. The zero-order chi connectivity index (χ0) is 18.1. The summed E-state index contributed by atoms with van der Waals surface area (Å²) >= 11 is 0. The van der Waals surface area contributed by atoms with Crippen molar-refractivity contribution in [3.05, 3.63) is 48.0 Å². The van der Waals surface area contributed by atoms with E-state index >= 15 is 0 Å². The summed E-state index contributed by atoms with van der Waals surface area (Å²) in [5.74, 6) is 1.22. The van der Waals surface area contributed by atoms with Crippen LogP contribution in [0, 0.1) is 12.7 Å². The number of nitrogens with zero attached hydrogens (tertiary/aromatic N) is 5. The first kappa shape index (κ1) is 16.2. The van der Waals surface area contributed by atoms with E-state index in [4.69, 9.17) is 0 Å². The van der Waals surface area contributed by atoms with Crippen molar-refractivity contribution in [3.8, 4) is 0 Å². The number of halogens is 1. The summed E-state index contributed by atoms with van der Waals surface area (Å²) in [6, 6.07) is 9.15. The van der Waals surface area contributed by atoms with E-state index < -0.39 is 0 Å². The molecule has 9 heteroatoms. The summed E-state index contributed by atoms with van der Waals surface area (Å²) in [4.78, 5) is 14.2. The van der Waals surface area contributed by atoms with E-state index in [2.05, 4.69) is 30.8 Å². The van der Waals surface area contributed by atoms with Crippen LogP contribution in [0.3, 0.4) is 0 Å². The van der Waals surface area contributed by atoms with Crippen molar-refractivity contribution in [2.24, 2.45) is 0 Å². The lowest BCUT2D eigenvalue weighted by Gasteiger charge is -2.18. The molecule has 1 aromatic carbocycles. The minimum Gasteiger partial charge on any atom is -0.353 e. The first-order valence-electron chi connectivity index (χ1n) is 8.35. The smallest absolute Gasteiger partial charge is 0.319 e. The second-order valence-corrected chi connectivity index (χ2v) is 6.25. The quantitative estimate of drug-likeness (QED) is 0.750. The molecule has 8 nitrogen and oxygen atoms in total. The van der Waals surface area contributed by atoms with Crippen LogP contribution in [0.1, 0.15) is 12.2 Å². The summed E-state index contributed by atoms with van der Waals surface area (Å²) < 4.78 is 14.6. The number of fused-ring (bicyclic) bond motifs is 1. The third-order valence-corrected chi connectivity index (χ3v) is 4.35.